The quantitative estimate of drug-likeness (QED) is 0.759. The van der Waals surface area contributed by atoms with E-state index in [2.05, 4.69) is 5.32 Å². The van der Waals surface area contributed by atoms with Gasteiger partial charge in [0.2, 0.25) is 0 Å². The van der Waals surface area contributed by atoms with E-state index in [0.29, 0.717) is 5.56 Å². The highest BCUT2D eigenvalue weighted by Gasteiger charge is 2.36. The van der Waals surface area contributed by atoms with Gasteiger partial charge in [0.15, 0.2) is 0 Å². The van der Waals surface area contributed by atoms with Crippen molar-refractivity contribution in [1.29, 1.82) is 0 Å². The summed E-state index contributed by atoms with van der Waals surface area (Å²) in [4.78, 5) is 0. The molecular weight excluding hydrogens is 203 g/mol. The maximum absolute atomic E-state index is 12.5. The van der Waals surface area contributed by atoms with Crippen molar-refractivity contribution in [2.75, 3.05) is 6.54 Å². The third-order valence-corrected chi connectivity index (χ3v) is 2.97. The minimum absolute atomic E-state index is 0.277. The van der Waals surface area contributed by atoms with Crippen molar-refractivity contribution >= 4 is 0 Å². The van der Waals surface area contributed by atoms with Gasteiger partial charge >= 0.3 is 6.18 Å². The number of benzene rings is 1. The van der Waals surface area contributed by atoms with Crippen molar-refractivity contribution in [2.24, 2.45) is 0 Å². The second kappa shape index (κ2) is 3.23. The van der Waals surface area contributed by atoms with Crippen LogP contribution in [-0.2, 0) is 11.7 Å². The van der Waals surface area contributed by atoms with Gasteiger partial charge in [0, 0.05) is 5.54 Å². The molecule has 0 radical (unpaired) electrons. The number of halogens is 3. The lowest BCUT2D eigenvalue weighted by Gasteiger charge is -2.40. The van der Waals surface area contributed by atoms with E-state index in [0.717, 1.165) is 19.0 Å². The summed E-state index contributed by atoms with van der Waals surface area (Å²) in [5, 5.41) is 3.15. The molecule has 1 N–H and O–H groups in total. The van der Waals surface area contributed by atoms with E-state index in [1.54, 1.807) is 6.07 Å². The molecule has 1 saturated heterocycles. The van der Waals surface area contributed by atoms with Gasteiger partial charge in [-0.1, -0.05) is 12.1 Å². The third kappa shape index (κ3) is 1.86. The van der Waals surface area contributed by atoms with Crippen molar-refractivity contribution in [2.45, 2.75) is 25.1 Å². The van der Waals surface area contributed by atoms with Gasteiger partial charge in [-0.25, -0.2) is 0 Å². The van der Waals surface area contributed by atoms with Crippen LogP contribution in [0.5, 0.6) is 0 Å². The van der Waals surface area contributed by atoms with Gasteiger partial charge in [-0.05, 0) is 37.6 Å². The molecule has 1 nitrogen and oxygen atoms in total. The fraction of sp³-hybridized carbons (Fsp3) is 0.455. The van der Waals surface area contributed by atoms with Crippen molar-refractivity contribution < 1.29 is 13.2 Å². The number of hydrogen-bond acceptors (Lipinski definition) is 1. The highest BCUT2D eigenvalue weighted by molar-refractivity contribution is 5.32. The summed E-state index contributed by atoms with van der Waals surface area (Å²) >= 11 is 0. The van der Waals surface area contributed by atoms with E-state index >= 15 is 0 Å². The zero-order chi connectivity index (χ0) is 11.1. The average Bonchev–Trinajstić information content (AvgIpc) is 2.13. The Morgan fingerprint density at radius 1 is 1.33 bits per heavy atom. The lowest BCUT2D eigenvalue weighted by molar-refractivity contribution is -0.137. The maximum atomic E-state index is 12.5. The highest BCUT2D eigenvalue weighted by Crippen LogP contribution is 2.35. The van der Waals surface area contributed by atoms with Crippen LogP contribution in [0.4, 0.5) is 13.2 Å². The Morgan fingerprint density at radius 2 is 2.00 bits per heavy atom. The molecule has 1 fully saturated rings. The van der Waals surface area contributed by atoms with Crippen LogP contribution < -0.4 is 5.32 Å². The largest absolute Gasteiger partial charge is 0.416 e. The van der Waals surface area contributed by atoms with E-state index < -0.39 is 11.7 Å². The summed E-state index contributed by atoms with van der Waals surface area (Å²) in [6.07, 6.45) is -3.37. The van der Waals surface area contributed by atoms with E-state index in [1.165, 1.54) is 12.1 Å². The molecule has 0 spiro atoms. The van der Waals surface area contributed by atoms with Crippen LogP contribution in [0, 0.1) is 0 Å². The van der Waals surface area contributed by atoms with Crippen molar-refractivity contribution in [1.82, 2.24) is 5.32 Å². The third-order valence-electron chi connectivity index (χ3n) is 2.97. The smallest absolute Gasteiger partial charge is 0.307 e. The molecule has 0 amide bonds. The lowest BCUT2D eigenvalue weighted by Crippen LogP contribution is -2.51. The SMILES string of the molecule is CC1(c2cccc(C(F)(F)F)c2)CCN1. The van der Waals surface area contributed by atoms with Crippen LogP contribution in [0.2, 0.25) is 0 Å². The number of nitrogens with one attached hydrogen (secondary N) is 1. The van der Waals surface area contributed by atoms with Crippen LogP contribution >= 0.6 is 0 Å². The average molecular weight is 215 g/mol. The number of hydrogen-bond donors (Lipinski definition) is 1. The predicted octanol–water partition coefficient (Wildman–Crippen LogP) is 2.91. The summed E-state index contributed by atoms with van der Waals surface area (Å²) in [6.45, 7) is 2.79. The summed E-state index contributed by atoms with van der Waals surface area (Å²) < 4.78 is 37.4. The molecule has 1 aromatic carbocycles. The summed E-state index contributed by atoms with van der Waals surface area (Å²) in [7, 11) is 0. The lowest BCUT2D eigenvalue weighted by atomic mass is 9.82. The Bertz CT molecular complexity index is 366. The van der Waals surface area contributed by atoms with Gasteiger partial charge in [0.25, 0.3) is 0 Å². The first-order chi connectivity index (χ1) is 6.92. The monoisotopic (exact) mass is 215 g/mol. The second-order valence-electron chi connectivity index (χ2n) is 4.09. The minimum Gasteiger partial charge on any atom is -0.307 e. The summed E-state index contributed by atoms with van der Waals surface area (Å²) in [5.41, 5.74) is -0.139. The molecule has 1 aliphatic rings. The van der Waals surface area contributed by atoms with Crippen molar-refractivity contribution in [3.05, 3.63) is 35.4 Å². The zero-order valence-electron chi connectivity index (χ0n) is 8.36. The van der Waals surface area contributed by atoms with Crippen molar-refractivity contribution in [3.8, 4) is 0 Å². The molecule has 1 atom stereocenters. The van der Waals surface area contributed by atoms with E-state index in [9.17, 15) is 13.2 Å². The molecule has 0 aliphatic carbocycles. The first kappa shape index (κ1) is 10.5. The topological polar surface area (TPSA) is 12.0 Å². The van der Waals surface area contributed by atoms with Crippen LogP contribution in [0.1, 0.15) is 24.5 Å². The first-order valence-electron chi connectivity index (χ1n) is 4.85. The Labute approximate surface area is 86.3 Å². The van der Waals surface area contributed by atoms with Gasteiger partial charge in [0.1, 0.15) is 0 Å². The van der Waals surface area contributed by atoms with Gasteiger partial charge in [-0.3, -0.25) is 0 Å². The number of rotatable bonds is 1. The normalized spacial score (nSPS) is 26.1. The molecule has 4 heteroatoms. The predicted molar refractivity (Wildman–Crippen MR) is 51.4 cm³/mol. The molecular formula is C11H12F3N. The molecule has 15 heavy (non-hydrogen) atoms. The van der Waals surface area contributed by atoms with E-state index in [-0.39, 0.29) is 5.54 Å². The maximum Gasteiger partial charge on any atom is 0.416 e. The van der Waals surface area contributed by atoms with Crippen LogP contribution in [0.25, 0.3) is 0 Å². The molecule has 1 aliphatic heterocycles. The molecule has 1 unspecified atom stereocenters. The minimum atomic E-state index is -4.25. The molecule has 1 heterocycles. The zero-order valence-corrected chi connectivity index (χ0v) is 8.36. The molecule has 1 aromatic rings. The Balaban J connectivity index is 2.35. The molecule has 2 rings (SSSR count). The van der Waals surface area contributed by atoms with Gasteiger partial charge < -0.3 is 5.32 Å². The van der Waals surface area contributed by atoms with Gasteiger partial charge in [-0.15, -0.1) is 0 Å². The highest BCUT2D eigenvalue weighted by atomic mass is 19.4. The molecule has 0 bridgehead atoms. The Hall–Kier alpha value is -1.03. The fourth-order valence-electron chi connectivity index (χ4n) is 1.79. The standard InChI is InChI=1S/C11H12F3N/c1-10(5-6-15-10)8-3-2-4-9(7-8)11(12,13)14/h2-4,7,15H,5-6H2,1H3. The first-order valence-corrected chi connectivity index (χ1v) is 4.85. The van der Waals surface area contributed by atoms with Crippen LogP contribution in [0.3, 0.4) is 0 Å². The fourth-order valence-corrected chi connectivity index (χ4v) is 1.79. The Morgan fingerprint density at radius 3 is 2.47 bits per heavy atom. The molecule has 0 saturated carbocycles. The van der Waals surface area contributed by atoms with Crippen LogP contribution in [0.15, 0.2) is 24.3 Å². The van der Waals surface area contributed by atoms with Crippen molar-refractivity contribution in [3.63, 3.8) is 0 Å². The second-order valence-corrected chi connectivity index (χ2v) is 4.09. The Kier molecular flexibility index (Phi) is 2.26. The number of alkyl halides is 3. The van der Waals surface area contributed by atoms with E-state index in [1.807, 2.05) is 6.92 Å². The van der Waals surface area contributed by atoms with Crippen LogP contribution in [-0.4, -0.2) is 6.54 Å². The summed E-state index contributed by atoms with van der Waals surface area (Å²) in [6, 6.07) is 5.53. The molecule has 82 valence electrons. The van der Waals surface area contributed by atoms with Gasteiger partial charge in [0.05, 0.1) is 5.56 Å². The van der Waals surface area contributed by atoms with Gasteiger partial charge in [-0.2, -0.15) is 13.2 Å². The summed E-state index contributed by atoms with van der Waals surface area (Å²) in [5.74, 6) is 0. The van der Waals surface area contributed by atoms with E-state index in [4.69, 9.17) is 0 Å². The molecule has 0 aromatic heterocycles.